The third-order valence-corrected chi connectivity index (χ3v) is 9.94. The van der Waals surface area contributed by atoms with Gasteiger partial charge in [0, 0.05) is 11.8 Å². The minimum atomic E-state index is -1.83. The van der Waals surface area contributed by atoms with Crippen LogP contribution in [0.4, 0.5) is 0 Å². The second-order valence-corrected chi connectivity index (χ2v) is 16.0. The summed E-state index contributed by atoms with van der Waals surface area (Å²) in [5.74, 6) is -0.282. The molecule has 0 radical (unpaired) electrons. The number of esters is 2. The summed E-state index contributed by atoms with van der Waals surface area (Å²) in [5, 5.41) is 0. The molecule has 5 rings (SSSR count). The standard InChI is InChI=1S/C23H34O5Si/c1-13-11-22-12-14(13)10-15(28-29(4,5)6)17(22)23-9-7-8-21(2,20(25)27-23)18(23)16(22)19(24)26-3/h14-18H,1,7-12H2,2-6H3/t14?,15-,16+,17+,18+,21?,22+,23+/m1/s1. The first kappa shape index (κ1) is 19.8. The molecule has 1 spiro atoms. The van der Waals surface area contributed by atoms with Crippen LogP contribution in [0.15, 0.2) is 12.2 Å². The lowest BCUT2D eigenvalue weighted by Crippen LogP contribution is -2.54. The van der Waals surface area contributed by atoms with E-state index in [4.69, 9.17) is 13.9 Å². The topological polar surface area (TPSA) is 61.8 Å². The lowest BCUT2D eigenvalue weighted by atomic mass is 9.60. The molecule has 0 amide bonds. The van der Waals surface area contributed by atoms with Gasteiger partial charge in [-0.2, -0.15) is 0 Å². The maximum absolute atomic E-state index is 13.3. The van der Waals surface area contributed by atoms with Crippen molar-refractivity contribution in [3.8, 4) is 0 Å². The van der Waals surface area contributed by atoms with E-state index in [1.165, 1.54) is 12.7 Å². The van der Waals surface area contributed by atoms with Crippen molar-refractivity contribution in [1.29, 1.82) is 0 Å². The quantitative estimate of drug-likeness (QED) is 0.393. The molecule has 29 heavy (non-hydrogen) atoms. The molecule has 1 aliphatic heterocycles. The number of carbonyl (C=O) groups is 2. The van der Waals surface area contributed by atoms with Crippen molar-refractivity contribution in [3.63, 3.8) is 0 Å². The van der Waals surface area contributed by atoms with Crippen molar-refractivity contribution in [2.24, 2.45) is 34.5 Å². The predicted octanol–water partition coefficient (Wildman–Crippen LogP) is 4.08. The molecule has 0 aromatic carbocycles. The molecule has 1 saturated heterocycles. The first-order chi connectivity index (χ1) is 13.5. The highest BCUT2D eigenvalue weighted by Crippen LogP contribution is 2.78. The average molecular weight is 419 g/mol. The normalized spacial score (nSPS) is 50.2. The molecule has 8 atom stereocenters. The van der Waals surface area contributed by atoms with Gasteiger partial charge in [-0.1, -0.05) is 12.2 Å². The van der Waals surface area contributed by atoms with Crippen molar-refractivity contribution in [1.82, 2.24) is 0 Å². The van der Waals surface area contributed by atoms with E-state index in [0.717, 1.165) is 38.5 Å². The maximum atomic E-state index is 13.3. The molecule has 4 bridgehead atoms. The van der Waals surface area contributed by atoms with E-state index >= 15 is 0 Å². The maximum Gasteiger partial charge on any atom is 0.312 e. The molecule has 5 nitrogen and oxygen atoms in total. The first-order valence-electron chi connectivity index (χ1n) is 11.2. The second kappa shape index (κ2) is 5.76. The largest absolute Gasteiger partial charge is 0.469 e. The third-order valence-electron chi connectivity index (χ3n) is 8.93. The van der Waals surface area contributed by atoms with Crippen LogP contribution in [0, 0.1) is 34.5 Å². The van der Waals surface area contributed by atoms with Gasteiger partial charge in [0.15, 0.2) is 8.32 Å². The lowest BCUT2D eigenvalue weighted by Gasteiger charge is -2.49. The summed E-state index contributed by atoms with van der Waals surface area (Å²) in [5.41, 5.74) is -0.211. The fraction of sp³-hybridized carbons (Fsp3) is 0.826. The Morgan fingerprint density at radius 3 is 2.62 bits per heavy atom. The van der Waals surface area contributed by atoms with Crippen LogP contribution in [-0.2, 0) is 23.5 Å². The number of methoxy groups -OCH3 is 1. The molecular formula is C23H34O5Si. The second-order valence-electron chi connectivity index (χ2n) is 11.5. The van der Waals surface area contributed by atoms with Crippen molar-refractivity contribution in [2.45, 2.75) is 76.8 Å². The number of hydrogen-bond donors (Lipinski definition) is 0. The van der Waals surface area contributed by atoms with Gasteiger partial charge < -0.3 is 13.9 Å². The van der Waals surface area contributed by atoms with Crippen LogP contribution < -0.4 is 0 Å². The molecule has 0 N–H and O–H groups in total. The summed E-state index contributed by atoms with van der Waals surface area (Å²) in [4.78, 5) is 26.5. The Bertz CT molecular complexity index is 802. The van der Waals surface area contributed by atoms with Crippen molar-refractivity contribution in [2.75, 3.05) is 7.11 Å². The molecule has 4 saturated carbocycles. The van der Waals surface area contributed by atoms with Crippen LogP contribution in [-0.4, -0.2) is 39.1 Å². The summed E-state index contributed by atoms with van der Waals surface area (Å²) in [6.07, 6.45) is 5.33. The molecule has 2 unspecified atom stereocenters. The Hall–Kier alpha value is -1.14. The minimum Gasteiger partial charge on any atom is -0.469 e. The van der Waals surface area contributed by atoms with E-state index in [1.54, 1.807) is 0 Å². The van der Waals surface area contributed by atoms with Crippen LogP contribution in [0.1, 0.15) is 45.4 Å². The number of ether oxygens (including phenoxy) is 2. The van der Waals surface area contributed by atoms with Crippen LogP contribution in [0.25, 0.3) is 0 Å². The summed E-state index contributed by atoms with van der Waals surface area (Å²) in [6.45, 7) is 13.1. The van der Waals surface area contributed by atoms with Gasteiger partial charge in [0.2, 0.25) is 0 Å². The Labute approximate surface area is 174 Å². The zero-order valence-corrected chi connectivity index (χ0v) is 19.4. The molecule has 0 aromatic rings. The number of allylic oxidation sites excluding steroid dienone is 1. The van der Waals surface area contributed by atoms with Gasteiger partial charge >= 0.3 is 11.9 Å². The van der Waals surface area contributed by atoms with Crippen LogP contribution in [0.2, 0.25) is 19.6 Å². The zero-order valence-electron chi connectivity index (χ0n) is 18.4. The van der Waals surface area contributed by atoms with E-state index in [1.807, 2.05) is 6.92 Å². The summed E-state index contributed by atoms with van der Waals surface area (Å²) in [6, 6.07) is 0. The highest BCUT2D eigenvalue weighted by atomic mass is 28.4. The van der Waals surface area contributed by atoms with E-state index in [9.17, 15) is 9.59 Å². The molecule has 6 heteroatoms. The van der Waals surface area contributed by atoms with Crippen LogP contribution in [0.5, 0.6) is 0 Å². The highest BCUT2D eigenvalue weighted by Gasteiger charge is 2.83. The predicted molar refractivity (Wildman–Crippen MR) is 110 cm³/mol. The summed E-state index contributed by atoms with van der Waals surface area (Å²) in [7, 11) is -0.348. The lowest BCUT2D eigenvalue weighted by molar-refractivity contribution is -0.168. The zero-order chi connectivity index (χ0) is 21.0. The number of rotatable bonds is 3. The first-order valence-corrected chi connectivity index (χ1v) is 14.6. The SMILES string of the molecule is C=C1C[C@@]23CC1C[C@@H](O[Si](C)(C)C)[C@@H]2[C@]12CCCC(C)(C(=O)O1)[C@@H]2[C@H]3C(=O)OC. The molecule has 160 valence electrons. The monoisotopic (exact) mass is 418 g/mol. The molecule has 1 heterocycles. The Morgan fingerprint density at radius 2 is 1.97 bits per heavy atom. The molecule has 5 fully saturated rings. The number of carbonyl (C=O) groups excluding carboxylic acids is 2. The van der Waals surface area contributed by atoms with Gasteiger partial charge in [0.1, 0.15) is 5.60 Å². The number of fused-ring (bicyclic) bond motifs is 1. The molecule has 5 aliphatic rings. The fourth-order valence-corrected chi connectivity index (χ4v) is 9.57. The Morgan fingerprint density at radius 1 is 1.24 bits per heavy atom. The van der Waals surface area contributed by atoms with E-state index in [-0.39, 0.29) is 41.2 Å². The van der Waals surface area contributed by atoms with Gasteiger partial charge in [-0.25, -0.2) is 0 Å². The van der Waals surface area contributed by atoms with E-state index in [2.05, 4.69) is 26.2 Å². The van der Waals surface area contributed by atoms with Gasteiger partial charge in [0.25, 0.3) is 0 Å². The van der Waals surface area contributed by atoms with Gasteiger partial charge in [-0.05, 0) is 76.4 Å². The van der Waals surface area contributed by atoms with Gasteiger partial charge in [-0.15, -0.1) is 0 Å². The van der Waals surface area contributed by atoms with Crippen molar-refractivity contribution >= 4 is 20.3 Å². The average Bonchev–Trinajstić information content (AvgIpc) is 3.05. The molecular weight excluding hydrogens is 384 g/mol. The summed E-state index contributed by atoms with van der Waals surface area (Å²) < 4.78 is 18.6. The number of hydrogen-bond acceptors (Lipinski definition) is 5. The van der Waals surface area contributed by atoms with Crippen molar-refractivity contribution < 1.29 is 23.5 Å². The smallest absolute Gasteiger partial charge is 0.312 e. The molecule has 4 aliphatic carbocycles. The molecule has 0 aromatic heterocycles. The Kier molecular flexibility index (Phi) is 3.93. The Balaban J connectivity index is 1.73. The van der Waals surface area contributed by atoms with Gasteiger partial charge in [0.05, 0.1) is 24.5 Å². The van der Waals surface area contributed by atoms with E-state index < -0.39 is 19.3 Å². The summed E-state index contributed by atoms with van der Waals surface area (Å²) >= 11 is 0. The minimum absolute atomic E-state index is 0.0186. The fourth-order valence-electron chi connectivity index (χ4n) is 8.42. The van der Waals surface area contributed by atoms with E-state index in [0.29, 0.717) is 5.92 Å². The van der Waals surface area contributed by atoms with Gasteiger partial charge in [-0.3, -0.25) is 9.59 Å². The third kappa shape index (κ3) is 2.30. The van der Waals surface area contributed by atoms with Crippen LogP contribution in [0.3, 0.4) is 0 Å². The van der Waals surface area contributed by atoms with Crippen LogP contribution >= 0.6 is 0 Å². The highest BCUT2D eigenvalue weighted by molar-refractivity contribution is 6.69. The van der Waals surface area contributed by atoms with Crippen molar-refractivity contribution in [3.05, 3.63) is 12.2 Å².